The lowest BCUT2D eigenvalue weighted by Gasteiger charge is -2.16. The summed E-state index contributed by atoms with van der Waals surface area (Å²) in [4.78, 5) is 23.6. The van der Waals surface area contributed by atoms with E-state index >= 15 is 0 Å². The molecule has 1 amide bonds. The fourth-order valence-corrected chi connectivity index (χ4v) is 3.45. The Morgan fingerprint density at radius 2 is 1.92 bits per heavy atom. The summed E-state index contributed by atoms with van der Waals surface area (Å²) in [5, 5.41) is 2.47. The third kappa shape index (κ3) is 6.80. The summed E-state index contributed by atoms with van der Waals surface area (Å²) in [6.07, 6.45) is 2.28. The zero-order valence-corrected chi connectivity index (χ0v) is 16.5. The number of benzene rings is 1. The maximum absolute atomic E-state index is 12.1. The van der Waals surface area contributed by atoms with Crippen molar-refractivity contribution in [3.8, 4) is 0 Å². The molecule has 0 aliphatic heterocycles. The van der Waals surface area contributed by atoms with E-state index in [1.165, 1.54) is 31.0 Å². The van der Waals surface area contributed by atoms with Crippen molar-refractivity contribution < 1.29 is 22.7 Å². The van der Waals surface area contributed by atoms with Crippen molar-refractivity contribution in [3.63, 3.8) is 0 Å². The van der Waals surface area contributed by atoms with Crippen LogP contribution in [0.1, 0.15) is 6.42 Å². The highest BCUT2D eigenvalue weighted by atomic mass is 79.9. The highest BCUT2D eigenvalue weighted by Crippen LogP contribution is 2.14. The van der Waals surface area contributed by atoms with Crippen LogP contribution in [-0.4, -0.2) is 52.0 Å². The van der Waals surface area contributed by atoms with Crippen LogP contribution in [-0.2, 0) is 24.3 Å². The fraction of sp³-hybridized carbons (Fsp3) is 0.429. The largest absolute Gasteiger partial charge is 0.467 e. The maximum Gasteiger partial charge on any atom is 0.328 e. The molecule has 0 aliphatic carbocycles. The van der Waals surface area contributed by atoms with Gasteiger partial charge in [-0.25, -0.2) is 17.9 Å². The normalized spacial score (nSPS) is 12.5. The number of thioether (sulfide) groups is 1. The van der Waals surface area contributed by atoms with Gasteiger partial charge in [-0.3, -0.25) is 4.79 Å². The minimum absolute atomic E-state index is 0.0467. The Kier molecular flexibility index (Phi) is 8.74. The number of sulfonamides is 1. The number of rotatable bonds is 9. The van der Waals surface area contributed by atoms with E-state index in [-0.39, 0.29) is 4.90 Å². The summed E-state index contributed by atoms with van der Waals surface area (Å²) in [7, 11) is -2.57. The van der Waals surface area contributed by atoms with Crippen molar-refractivity contribution >= 4 is 49.6 Å². The summed E-state index contributed by atoms with van der Waals surface area (Å²) >= 11 is 4.74. The van der Waals surface area contributed by atoms with Gasteiger partial charge in [-0.1, -0.05) is 15.9 Å². The Morgan fingerprint density at radius 3 is 2.46 bits per heavy atom. The van der Waals surface area contributed by atoms with Gasteiger partial charge in [0.25, 0.3) is 0 Å². The SMILES string of the molecule is COC(=O)C(CCSC)NC(=O)CNS(=O)(=O)c1ccc(Br)cc1. The van der Waals surface area contributed by atoms with Gasteiger partial charge >= 0.3 is 5.97 Å². The molecule has 0 saturated heterocycles. The topological polar surface area (TPSA) is 102 Å². The summed E-state index contributed by atoms with van der Waals surface area (Å²) < 4.78 is 31.8. The van der Waals surface area contributed by atoms with Gasteiger partial charge in [0.15, 0.2) is 0 Å². The number of amides is 1. The van der Waals surface area contributed by atoms with E-state index in [2.05, 4.69) is 30.7 Å². The van der Waals surface area contributed by atoms with Gasteiger partial charge in [0.1, 0.15) is 6.04 Å². The molecular formula is C14H19BrN2O5S2. The molecule has 0 bridgehead atoms. The van der Waals surface area contributed by atoms with Crippen LogP contribution in [0.3, 0.4) is 0 Å². The Bertz CT molecular complexity index is 664. The molecule has 2 N–H and O–H groups in total. The summed E-state index contributed by atoms with van der Waals surface area (Å²) in [6.45, 7) is -0.467. The van der Waals surface area contributed by atoms with Crippen molar-refractivity contribution in [2.45, 2.75) is 17.4 Å². The fourth-order valence-electron chi connectivity index (χ4n) is 1.73. The Morgan fingerprint density at radius 1 is 1.29 bits per heavy atom. The lowest BCUT2D eigenvalue weighted by atomic mass is 10.2. The molecule has 1 rings (SSSR count). The van der Waals surface area contributed by atoms with Crippen LogP contribution < -0.4 is 10.0 Å². The minimum Gasteiger partial charge on any atom is -0.467 e. The van der Waals surface area contributed by atoms with E-state index in [9.17, 15) is 18.0 Å². The van der Waals surface area contributed by atoms with E-state index in [1.807, 2.05) is 6.26 Å². The van der Waals surface area contributed by atoms with Crippen molar-refractivity contribution in [3.05, 3.63) is 28.7 Å². The standard InChI is InChI=1S/C14H19BrN2O5S2/c1-22-14(19)12(7-8-23-2)17-13(18)9-16-24(20,21)11-5-3-10(15)4-6-11/h3-6,12,16H,7-9H2,1-2H3,(H,17,18). The molecule has 0 heterocycles. The first kappa shape index (κ1) is 20.9. The number of nitrogens with one attached hydrogen (secondary N) is 2. The van der Waals surface area contributed by atoms with Crippen LogP contribution in [0.5, 0.6) is 0 Å². The summed E-state index contributed by atoms with van der Waals surface area (Å²) in [5.74, 6) is -0.509. The third-order valence-corrected chi connectivity index (χ3v) is 5.57. The number of esters is 1. The molecule has 1 atom stereocenters. The molecule has 0 spiro atoms. The lowest BCUT2D eigenvalue weighted by Crippen LogP contribution is -2.46. The lowest BCUT2D eigenvalue weighted by molar-refractivity contribution is -0.145. The van der Waals surface area contributed by atoms with Gasteiger partial charge in [-0.15, -0.1) is 0 Å². The van der Waals surface area contributed by atoms with E-state index in [0.29, 0.717) is 12.2 Å². The molecule has 7 nitrogen and oxygen atoms in total. The number of halogens is 1. The quantitative estimate of drug-likeness (QED) is 0.560. The van der Waals surface area contributed by atoms with Gasteiger partial charge in [0, 0.05) is 4.47 Å². The molecule has 0 radical (unpaired) electrons. The maximum atomic E-state index is 12.1. The van der Waals surface area contributed by atoms with Gasteiger partial charge in [0.2, 0.25) is 15.9 Å². The average molecular weight is 439 g/mol. The van der Waals surface area contributed by atoms with Gasteiger partial charge in [-0.2, -0.15) is 11.8 Å². The van der Waals surface area contributed by atoms with Crippen molar-refractivity contribution in [2.75, 3.05) is 25.7 Å². The first-order chi connectivity index (χ1) is 11.3. The number of hydrogen-bond donors (Lipinski definition) is 2. The summed E-state index contributed by atoms with van der Waals surface area (Å²) in [5.41, 5.74) is 0. The first-order valence-electron chi connectivity index (χ1n) is 6.91. The predicted octanol–water partition coefficient (Wildman–Crippen LogP) is 1.14. The zero-order chi connectivity index (χ0) is 18.2. The van der Waals surface area contributed by atoms with E-state index in [0.717, 1.165) is 4.47 Å². The van der Waals surface area contributed by atoms with Crippen LogP contribution in [0.15, 0.2) is 33.6 Å². The molecule has 134 valence electrons. The molecule has 0 aliphatic rings. The van der Waals surface area contributed by atoms with Crippen molar-refractivity contribution in [1.29, 1.82) is 0 Å². The smallest absolute Gasteiger partial charge is 0.328 e. The zero-order valence-electron chi connectivity index (χ0n) is 13.2. The third-order valence-electron chi connectivity index (χ3n) is 2.98. The highest BCUT2D eigenvalue weighted by molar-refractivity contribution is 9.10. The molecule has 0 fully saturated rings. The molecule has 0 saturated carbocycles. The monoisotopic (exact) mass is 438 g/mol. The molecule has 10 heteroatoms. The number of hydrogen-bond acceptors (Lipinski definition) is 6. The van der Waals surface area contributed by atoms with Crippen LogP contribution in [0, 0.1) is 0 Å². The number of ether oxygens (including phenoxy) is 1. The second-order valence-corrected chi connectivity index (χ2v) is 8.37. The number of carbonyl (C=O) groups is 2. The molecule has 1 aromatic carbocycles. The number of carbonyl (C=O) groups excluding carboxylic acids is 2. The van der Waals surface area contributed by atoms with E-state index < -0.39 is 34.5 Å². The minimum atomic E-state index is -3.80. The Balaban J connectivity index is 2.63. The van der Waals surface area contributed by atoms with Crippen LogP contribution in [0.4, 0.5) is 0 Å². The molecule has 24 heavy (non-hydrogen) atoms. The molecule has 1 unspecified atom stereocenters. The Hall–Kier alpha value is -1.10. The molecule has 0 aromatic heterocycles. The first-order valence-corrected chi connectivity index (χ1v) is 10.6. The molecule has 1 aromatic rings. The van der Waals surface area contributed by atoms with Crippen molar-refractivity contribution in [2.24, 2.45) is 0 Å². The summed E-state index contributed by atoms with van der Waals surface area (Å²) in [6, 6.07) is 5.21. The van der Waals surface area contributed by atoms with Crippen LogP contribution in [0.2, 0.25) is 0 Å². The van der Waals surface area contributed by atoms with E-state index in [1.54, 1.807) is 12.1 Å². The second-order valence-electron chi connectivity index (χ2n) is 4.70. The van der Waals surface area contributed by atoms with Crippen LogP contribution >= 0.6 is 27.7 Å². The molecular weight excluding hydrogens is 420 g/mol. The highest BCUT2D eigenvalue weighted by Gasteiger charge is 2.22. The van der Waals surface area contributed by atoms with Crippen LogP contribution in [0.25, 0.3) is 0 Å². The van der Waals surface area contributed by atoms with Crippen molar-refractivity contribution in [1.82, 2.24) is 10.0 Å². The Labute approximate surface area is 154 Å². The van der Waals surface area contributed by atoms with Gasteiger partial charge in [0.05, 0.1) is 18.6 Å². The number of methoxy groups -OCH3 is 1. The predicted molar refractivity (Wildman–Crippen MR) is 96.3 cm³/mol. The average Bonchev–Trinajstić information content (AvgIpc) is 2.56. The van der Waals surface area contributed by atoms with E-state index in [4.69, 9.17) is 0 Å². The van der Waals surface area contributed by atoms with Gasteiger partial charge in [-0.05, 0) is 42.7 Å². The van der Waals surface area contributed by atoms with Gasteiger partial charge < -0.3 is 10.1 Å². The second kappa shape index (κ2) is 10.0.